The number of piperidine rings is 1. The number of halogens is 1. The van der Waals surface area contributed by atoms with E-state index in [1.54, 1.807) is 23.9 Å². The molecule has 5 heteroatoms. The number of thioether (sulfide) groups is 1. The molecule has 1 aromatic carbocycles. The van der Waals surface area contributed by atoms with E-state index < -0.39 is 5.97 Å². The normalized spacial score (nSPS) is 17.5. The minimum atomic E-state index is -0.666. The van der Waals surface area contributed by atoms with Crippen LogP contribution in [-0.2, 0) is 4.79 Å². The zero-order chi connectivity index (χ0) is 13.7. The highest BCUT2D eigenvalue weighted by Gasteiger charge is 2.23. The van der Waals surface area contributed by atoms with Gasteiger partial charge >= 0.3 is 5.97 Å². The molecule has 3 nitrogen and oxygen atoms in total. The summed E-state index contributed by atoms with van der Waals surface area (Å²) in [4.78, 5) is 14.2. The van der Waals surface area contributed by atoms with Gasteiger partial charge in [-0.05, 0) is 50.2 Å². The fourth-order valence-corrected chi connectivity index (χ4v) is 3.14. The van der Waals surface area contributed by atoms with Crippen molar-refractivity contribution in [3.63, 3.8) is 0 Å². The number of likely N-dealkylation sites (tertiary alicyclic amines) is 1. The van der Waals surface area contributed by atoms with Gasteiger partial charge in [-0.1, -0.05) is 0 Å². The monoisotopic (exact) mass is 283 g/mol. The second kappa shape index (κ2) is 6.91. The minimum absolute atomic E-state index is 0.166. The molecule has 0 amide bonds. The van der Waals surface area contributed by atoms with Gasteiger partial charge in [-0.15, -0.1) is 11.8 Å². The lowest BCUT2D eigenvalue weighted by Crippen LogP contribution is -2.37. The molecule has 0 aromatic heterocycles. The molecule has 2 rings (SSSR count). The molecule has 0 bridgehead atoms. The van der Waals surface area contributed by atoms with Crippen LogP contribution in [0.15, 0.2) is 29.2 Å². The molecule has 1 aliphatic rings. The summed E-state index contributed by atoms with van der Waals surface area (Å²) in [5.41, 5.74) is 0. The van der Waals surface area contributed by atoms with Gasteiger partial charge < -0.3 is 10.0 Å². The molecule has 19 heavy (non-hydrogen) atoms. The van der Waals surface area contributed by atoms with Crippen LogP contribution in [0.4, 0.5) is 4.39 Å². The summed E-state index contributed by atoms with van der Waals surface area (Å²) in [7, 11) is 0. The van der Waals surface area contributed by atoms with E-state index in [1.807, 2.05) is 0 Å². The number of hydrogen-bond acceptors (Lipinski definition) is 3. The van der Waals surface area contributed by atoms with Crippen LogP contribution in [0, 0.1) is 11.7 Å². The van der Waals surface area contributed by atoms with E-state index in [1.165, 1.54) is 12.1 Å². The lowest BCUT2D eigenvalue weighted by atomic mass is 9.97. The third kappa shape index (κ3) is 4.51. The molecule has 1 fully saturated rings. The van der Waals surface area contributed by atoms with Gasteiger partial charge in [0.15, 0.2) is 0 Å². The second-order valence-corrected chi connectivity index (χ2v) is 5.92. The first-order valence-corrected chi connectivity index (χ1v) is 7.47. The first-order valence-electron chi connectivity index (χ1n) is 6.48. The van der Waals surface area contributed by atoms with Crippen molar-refractivity contribution in [1.29, 1.82) is 0 Å². The van der Waals surface area contributed by atoms with Gasteiger partial charge in [0.05, 0.1) is 5.92 Å². The van der Waals surface area contributed by atoms with Crippen molar-refractivity contribution < 1.29 is 14.3 Å². The maximum Gasteiger partial charge on any atom is 0.306 e. The Bertz CT molecular complexity index is 416. The average molecular weight is 283 g/mol. The summed E-state index contributed by atoms with van der Waals surface area (Å²) < 4.78 is 12.7. The molecule has 1 aliphatic heterocycles. The van der Waals surface area contributed by atoms with Gasteiger partial charge in [0, 0.05) is 17.2 Å². The number of rotatable bonds is 5. The topological polar surface area (TPSA) is 40.5 Å². The molecule has 1 N–H and O–H groups in total. The lowest BCUT2D eigenvalue weighted by Gasteiger charge is -2.29. The van der Waals surface area contributed by atoms with Crippen molar-refractivity contribution in [1.82, 2.24) is 4.90 Å². The minimum Gasteiger partial charge on any atom is -0.481 e. The first kappa shape index (κ1) is 14.3. The van der Waals surface area contributed by atoms with E-state index in [4.69, 9.17) is 5.11 Å². The van der Waals surface area contributed by atoms with E-state index in [0.717, 1.165) is 43.1 Å². The fraction of sp³-hybridized carbons (Fsp3) is 0.500. The Kier molecular flexibility index (Phi) is 5.22. The predicted octanol–water partition coefficient (Wildman–Crippen LogP) is 2.71. The van der Waals surface area contributed by atoms with Crippen LogP contribution in [0.25, 0.3) is 0 Å². The van der Waals surface area contributed by atoms with Crippen LogP contribution < -0.4 is 0 Å². The molecule has 1 heterocycles. The summed E-state index contributed by atoms with van der Waals surface area (Å²) in [6, 6.07) is 6.52. The molecule has 0 radical (unpaired) electrons. The van der Waals surface area contributed by atoms with Crippen LogP contribution in [-0.4, -0.2) is 41.4 Å². The van der Waals surface area contributed by atoms with Gasteiger partial charge in [-0.25, -0.2) is 4.39 Å². The van der Waals surface area contributed by atoms with E-state index in [2.05, 4.69) is 4.90 Å². The summed E-state index contributed by atoms with van der Waals surface area (Å²) >= 11 is 1.71. The summed E-state index contributed by atoms with van der Waals surface area (Å²) in [6.45, 7) is 2.68. The molecule has 104 valence electrons. The van der Waals surface area contributed by atoms with Gasteiger partial charge in [-0.2, -0.15) is 0 Å². The Balaban J connectivity index is 1.67. The first-order chi connectivity index (χ1) is 9.15. The Morgan fingerprint density at radius 1 is 1.32 bits per heavy atom. The van der Waals surface area contributed by atoms with Crippen molar-refractivity contribution in [3.8, 4) is 0 Å². The third-order valence-corrected chi connectivity index (χ3v) is 4.42. The summed E-state index contributed by atoms with van der Waals surface area (Å²) in [6.07, 6.45) is 1.49. The van der Waals surface area contributed by atoms with E-state index >= 15 is 0 Å². The Morgan fingerprint density at radius 3 is 2.53 bits per heavy atom. The molecular weight excluding hydrogens is 265 g/mol. The number of carbonyl (C=O) groups is 1. The summed E-state index contributed by atoms with van der Waals surface area (Å²) in [5.74, 6) is -0.0926. The quantitative estimate of drug-likeness (QED) is 0.844. The van der Waals surface area contributed by atoms with Crippen molar-refractivity contribution in [2.45, 2.75) is 17.7 Å². The highest BCUT2D eigenvalue weighted by molar-refractivity contribution is 7.99. The second-order valence-electron chi connectivity index (χ2n) is 4.76. The molecule has 0 spiro atoms. The molecule has 0 aliphatic carbocycles. The smallest absolute Gasteiger partial charge is 0.306 e. The van der Waals surface area contributed by atoms with E-state index in [9.17, 15) is 9.18 Å². The number of hydrogen-bond donors (Lipinski definition) is 1. The predicted molar refractivity (Wildman–Crippen MR) is 73.9 cm³/mol. The van der Waals surface area contributed by atoms with Crippen LogP contribution >= 0.6 is 11.8 Å². The Labute approximate surface area is 116 Å². The maximum absolute atomic E-state index is 12.7. The van der Waals surface area contributed by atoms with Gasteiger partial charge in [0.1, 0.15) is 5.82 Å². The van der Waals surface area contributed by atoms with Gasteiger partial charge in [0.2, 0.25) is 0 Å². The highest BCUT2D eigenvalue weighted by atomic mass is 32.2. The SMILES string of the molecule is O=C(O)C1CCN(CCSc2ccc(F)cc2)CC1. The van der Waals surface area contributed by atoms with Gasteiger partial charge in [0.25, 0.3) is 0 Å². The summed E-state index contributed by atoms with van der Waals surface area (Å²) in [5, 5.41) is 8.92. The number of aliphatic carboxylic acids is 1. The van der Waals surface area contributed by atoms with Crippen molar-refractivity contribution in [2.24, 2.45) is 5.92 Å². The van der Waals surface area contributed by atoms with E-state index in [0.29, 0.717) is 0 Å². The standard InChI is InChI=1S/C14H18FNO2S/c15-12-1-3-13(4-2-12)19-10-9-16-7-5-11(6-8-16)14(17)18/h1-4,11H,5-10H2,(H,17,18). The van der Waals surface area contributed by atoms with Crippen LogP contribution in [0.2, 0.25) is 0 Å². The molecule has 0 atom stereocenters. The van der Waals surface area contributed by atoms with Crippen molar-refractivity contribution in [3.05, 3.63) is 30.1 Å². The number of carboxylic acids is 1. The van der Waals surface area contributed by atoms with Gasteiger partial charge in [-0.3, -0.25) is 4.79 Å². The third-order valence-electron chi connectivity index (χ3n) is 3.43. The molecular formula is C14H18FNO2S. The van der Waals surface area contributed by atoms with Crippen LogP contribution in [0.5, 0.6) is 0 Å². The Hall–Kier alpha value is -1.07. The van der Waals surface area contributed by atoms with Crippen molar-refractivity contribution >= 4 is 17.7 Å². The molecule has 0 unspecified atom stereocenters. The fourth-order valence-electron chi connectivity index (χ4n) is 2.23. The largest absolute Gasteiger partial charge is 0.481 e. The van der Waals surface area contributed by atoms with Crippen molar-refractivity contribution in [2.75, 3.05) is 25.4 Å². The van der Waals surface area contributed by atoms with Crippen LogP contribution in [0.3, 0.4) is 0 Å². The average Bonchev–Trinajstić information content (AvgIpc) is 2.41. The van der Waals surface area contributed by atoms with E-state index in [-0.39, 0.29) is 11.7 Å². The highest BCUT2D eigenvalue weighted by Crippen LogP contribution is 2.20. The Morgan fingerprint density at radius 2 is 1.95 bits per heavy atom. The lowest BCUT2D eigenvalue weighted by molar-refractivity contribution is -0.143. The number of carboxylic acid groups (broad SMARTS) is 1. The zero-order valence-electron chi connectivity index (χ0n) is 10.7. The van der Waals surface area contributed by atoms with Crippen LogP contribution in [0.1, 0.15) is 12.8 Å². The molecule has 0 saturated carbocycles. The maximum atomic E-state index is 12.7. The molecule has 1 saturated heterocycles. The number of benzene rings is 1. The molecule has 1 aromatic rings. The zero-order valence-corrected chi connectivity index (χ0v) is 11.5. The number of nitrogens with zero attached hydrogens (tertiary/aromatic N) is 1.